The number of nitrogens with two attached hydrogens (primary N) is 1. The maximum absolute atomic E-state index is 11.9. The van der Waals surface area contributed by atoms with Gasteiger partial charge in [-0.2, -0.15) is 0 Å². The molecule has 0 aliphatic heterocycles. The van der Waals surface area contributed by atoms with Crippen LogP contribution < -0.4 is 5.73 Å². The maximum atomic E-state index is 11.9. The molecule has 0 bridgehead atoms. The second-order valence-corrected chi connectivity index (χ2v) is 3.98. The van der Waals surface area contributed by atoms with Crippen LogP contribution in [0.3, 0.4) is 0 Å². The molecule has 1 rings (SSSR count). The van der Waals surface area contributed by atoms with Gasteiger partial charge < -0.3 is 15.5 Å². The molecule has 16 heavy (non-hydrogen) atoms. The highest BCUT2D eigenvalue weighted by atomic mass is 16.2. The van der Waals surface area contributed by atoms with Crippen molar-refractivity contribution in [1.29, 1.82) is 0 Å². The van der Waals surface area contributed by atoms with Gasteiger partial charge in [0.15, 0.2) is 0 Å². The molecule has 0 saturated heterocycles. The summed E-state index contributed by atoms with van der Waals surface area (Å²) in [6, 6.07) is 5.07. The zero-order valence-electron chi connectivity index (χ0n) is 9.97. The number of pyridine rings is 1. The molecule has 0 fully saturated rings. The van der Waals surface area contributed by atoms with Crippen molar-refractivity contribution >= 4 is 11.7 Å². The SMILES string of the molecule is CN(C)CCN(C)C(=O)c1cccc(N)n1. The van der Waals surface area contributed by atoms with Gasteiger partial charge in [-0.3, -0.25) is 4.79 Å². The molecule has 0 spiro atoms. The lowest BCUT2D eigenvalue weighted by atomic mass is 10.3. The first kappa shape index (κ1) is 12.4. The Balaban J connectivity index is 2.63. The van der Waals surface area contributed by atoms with Gasteiger partial charge >= 0.3 is 0 Å². The Bertz CT molecular complexity index is 365. The lowest BCUT2D eigenvalue weighted by Gasteiger charge is -2.19. The van der Waals surface area contributed by atoms with E-state index in [1.54, 1.807) is 30.1 Å². The van der Waals surface area contributed by atoms with Crippen LogP contribution in [0.25, 0.3) is 0 Å². The number of aromatic nitrogens is 1. The molecule has 1 amide bonds. The number of nitrogen functional groups attached to an aromatic ring is 1. The molecule has 2 N–H and O–H groups in total. The van der Waals surface area contributed by atoms with E-state index in [9.17, 15) is 4.79 Å². The van der Waals surface area contributed by atoms with E-state index in [4.69, 9.17) is 5.73 Å². The van der Waals surface area contributed by atoms with E-state index < -0.39 is 0 Å². The lowest BCUT2D eigenvalue weighted by molar-refractivity contribution is 0.0780. The van der Waals surface area contributed by atoms with E-state index in [-0.39, 0.29) is 5.91 Å². The summed E-state index contributed by atoms with van der Waals surface area (Å²) in [6.45, 7) is 1.49. The fraction of sp³-hybridized carbons (Fsp3) is 0.455. The number of hydrogen-bond donors (Lipinski definition) is 1. The first-order valence-corrected chi connectivity index (χ1v) is 5.13. The fourth-order valence-corrected chi connectivity index (χ4v) is 1.22. The number of amides is 1. The van der Waals surface area contributed by atoms with Crippen LogP contribution in [0, 0.1) is 0 Å². The van der Waals surface area contributed by atoms with Gasteiger partial charge in [0, 0.05) is 20.1 Å². The number of nitrogens with zero attached hydrogens (tertiary/aromatic N) is 3. The molecule has 0 aromatic carbocycles. The van der Waals surface area contributed by atoms with Crippen LogP contribution in [0.4, 0.5) is 5.82 Å². The molecule has 1 aromatic heterocycles. The normalized spacial score (nSPS) is 10.5. The summed E-state index contributed by atoms with van der Waals surface area (Å²) in [5, 5.41) is 0. The van der Waals surface area contributed by atoms with Gasteiger partial charge in [0.1, 0.15) is 11.5 Å². The van der Waals surface area contributed by atoms with Gasteiger partial charge in [0.25, 0.3) is 5.91 Å². The average Bonchev–Trinajstić information content (AvgIpc) is 2.24. The Kier molecular flexibility index (Phi) is 4.25. The molecule has 1 heterocycles. The minimum atomic E-state index is -0.103. The first-order valence-electron chi connectivity index (χ1n) is 5.13. The highest BCUT2D eigenvalue weighted by Crippen LogP contribution is 2.03. The largest absolute Gasteiger partial charge is 0.384 e. The van der Waals surface area contributed by atoms with Gasteiger partial charge in [-0.05, 0) is 26.2 Å². The Morgan fingerprint density at radius 3 is 2.56 bits per heavy atom. The number of anilines is 1. The standard InChI is InChI=1S/C11H18N4O/c1-14(2)7-8-15(3)11(16)9-5-4-6-10(12)13-9/h4-6H,7-8H2,1-3H3,(H2,12,13). The molecule has 0 saturated carbocycles. The maximum Gasteiger partial charge on any atom is 0.272 e. The second-order valence-electron chi connectivity index (χ2n) is 3.98. The van der Waals surface area contributed by atoms with Crippen LogP contribution in [0.1, 0.15) is 10.5 Å². The predicted molar refractivity (Wildman–Crippen MR) is 64.2 cm³/mol. The molecule has 5 nitrogen and oxygen atoms in total. The summed E-state index contributed by atoms with van der Waals surface area (Å²) in [5.74, 6) is 0.265. The van der Waals surface area contributed by atoms with Gasteiger partial charge in [-0.25, -0.2) is 4.98 Å². The average molecular weight is 222 g/mol. The molecular formula is C11H18N4O. The van der Waals surface area contributed by atoms with E-state index in [2.05, 4.69) is 4.98 Å². The number of carbonyl (C=O) groups is 1. The van der Waals surface area contributed by atoms with Crippen LogP contribution >= 0.6 is 0 Å². The van der Waals surface area contributed by atoms with Gasteiger partial charge in [-0.15, -0.1) is 0 Å². The third-order valence-electron chi connectivity index (χ3n) is 2.22. The topological polar surface area (TPSA) is 62.5 Å². The molecule has 0 radical (unpaired) electrons. The van der Waals surface area contributed by atoms with E-state index in [0.717, 1.165) is 6.54 Å². The molecule has 1 aromatic rings. The molecule has 0 atom stereocenters. The first-order chi connectivity index (χ1) is 7.50. The highest BCUT2D eigenvalue weighted by Gasteiger charge is 2.12. The zero-order chi connectivity index (χ0) is 12.1. The van der Waals surface area contributed by atoms with Crippen LogP contribution in [-0.4, -0.2) is 54.9 Å². The molecule has 88 valence electrons. The smallest absolute Gasteiger partial charge is 0.272 e. The van der Waals surface area contributed by atoms with Crippen LogP contribution in [0.5, 0.6) is 0 Å². The zero-order valence-corrected chi connectivity index (χ0v) is 9.97. The summed E-state index contributed by atoms with van der Waals surface area (Å²) in [7, 11) is 5.70. The number of likely N-dealkylation sites (N-methyl/N-ethyl adjacent to an activating group) is 2. The van der Waals surface area contributed by atoms with Crippen LogP contribution in [0.15, 0.2) is 18.2 Å². The quantitative estimate of drug-likeness (QED) is 0.795. The van der Waals surface area contributed by atoms with E-state index >= 15 is 0 Å². The summed E-state index contributed by atoms with van der Waals surface area (Å²) in [4.78, 5) is 19.6. The summed E-state index contributed by atoms with van der Waals surface area (Å²) in [5.41, 5.74) is 5.92. The van der Waals surface area contributed by atoms with E-state index in [1.807, 2.05) is 19.0 Å². The minimum Gasteiger partial charge on any atom is -0.384 e. The molecular weight excluding hydrogens is 204 g/mol. The third-order valence-corrected chi connectivity index (χ3v) is 2.22. The Hall–Kier alpha value is -1.62. The number of carbonyl (C=O) groups excluding carboxylic acids is 1. The van der Waals surface area contributed by atoms with Crippen molar-refractivity contribution in [1.82, 2.24) is 14.8 Å². The van der Waals surface area contributed by atoms with Gasteiger partial charge in [0.2, 0.25) is 0 Å². The Labute approximate surface area is 95.9 Å². The minimum absolute atomic E-state index is 0.103. The molecule has 5 heteroatoms. The molecule has 0 aliphatic rings. The highest BCUT2D eigenvalue weighted by molar-refractivity contribution is 5.92. The van der Waals surface area contributed by atoms with E-state index in [0.29, 0.717) is 18.1 Å². The molecule has 0 unspecified atom stereocenters. The van der Waals surface area contributed by atoms with Crippen molar-refractivity contribution in [2.75, 3.05) is 40.0 Å². The number of rotatable bonds is 4. The van der Waals surface area contributed by atoms with E-state index in [1.165, 1.54) is 0 Å². The van der Waals surface area contributed by atoms with Crippen molar-refractivity contribution in [3.8, 4) is 0 Å². The van der Waals surface area contributed by atoms with Crippen molar-refractivity contribution in [3.05, 3.63) is 23.9 Å². The van der Waals surface area contributed by atoms with Gasteiger partial charge in [0.05, 0.1) is 0 Å². The summed E-state index contributed by atoms with van der Waals surface area (Å²) >= 11 is 0. The van der Waals surface area contributed by atoms with Crippen molar-refractivity contribution in [3.63, 3.8) is 0 Å². The Morgan fingerprint density at radius 1 is 1.31 bits per heavy atom. The predicted octanol–water partition coefficient (Wildman–Crippen LogP) is 0.297. The Morgan fingerprint density at radius 2 is 2.00 bits per heavy atom. The van der Waals surface area contributed by atoms with Crippen LogP contribution in [-0.2, 0) is 0 Å². The summed E-state index contributed by atoms with van der Waals surface area (Å²) < 4.78 is 0. The fourth-order valence-electron chi connectivity index (χ4n) is 1.22. The second kappa shape index (κ2) is 5.46. The third kappa shape index (κ3) is 3.51. The van der Waals surface area contributed by atoms with Crippen molar-refractivity contribution < 1.29 is 4.79 Å². The lowest BCUT2D eigenvalue weighted by Crippen LogP contribution is -2.34. The summed E-state index contributed by atoms with van der Waals surface area (Å²) in [6.07, 6.45) is 0. The monoisotopic (exact) mass is 222 g/mol. The molecule has 0 aliphatic carbocycles. The van der Waals surface area contributed by atoms with Crippen LogP contribution in [0.2, 0.25) is 0 Å². The number of hydrogen-bond acceptors (Lipinski definition) is 4. The van der Waals surface area contributed by atoms with Gasteiger partial charge in [-0.1, -0.05) is 6.07 Å². The van der Waals surface area contributed by atoms with Crippen molar-refractivity contribution in [2.45, 2.75) is 0 Å². The van der Waals surface area contributed by atoms with Crippen molar-refractivity contribution in [2.24, 2.45) is 0 Å².